The van der Waals surface area contributed by atoms with E-state index in [4.69, 9.17) is 30.9 Å². The lowest BCUT2D eigenvalue weighted by molar-refractivity contribution is 0.308. The lowest BCUT2D eigenvalue weighted by Crippen LogP contribution is -2.61. The number of hydrogen-bond donors (Lipinski definition) is 3. The average molecular weight is 525 g/mol. The molecule has 1 saturated heterocycles. The van der Waals surface area contributed by atoms with E-state index in [1.54, 1.807) is 0 Å². The van der Waals surface area contributed by atoms with Gasteiger partial charge in [0, 0.05) is 17.1 Å². The van der Waals surface area contributed by atoms with Crippen LogP contribution >= 0.6 is 0 Å². The number of nitrogens with two attached hydrogens (primary N) is 3. The van der Waals surface area contributed by atoms with Gasteiger partial charge in [-0.1, -0.05) is 98.7 Å². The summed E-state index contributed by atoms with van der Waals surface area (Å²) < 4.78 is 19.2. The van der Waals surface area contributed by atoms with Crippen LogP contribution in [-0.2, 0) is 30.0 Å². The molecule has 0 saturated carbocycles. The Kier molecular flexibility index (Phi) is 7.67. The molecule has 3 aromatic rings. The lowest BCUT2D eigenvalue weighted by atomic mass is 9.61. The normalized spacial score (nSPS) is 15.2. The Hall–Kier alpha value is -2.87. The van der Waals surface area contributed by atoms with Crippen molar-refractivity contribution in [3.05, 3.63) is 71.3 Å². The van der Waals surface area contributed by atoms with Gasteiger partial charge in [-0.2, -0.15) is 0 Å². The van der Waals surface area contributed by atoms with Crippen molar-refractivity contribution >= 4 is 54.8 Å². The summed E-state index contributed by atoms with van der Waals surface area (Å²) in [6.07, 6.45) is 0. The molecule has 9 heteroatoms. The molecule has 0 bridgehead atoms. The van der Waals surface area contributed by atoms with E-state index >= 15 is 0 Å². The maximum atomic E-state index is 6.48. The third-order valence-electron chi connectivity index (χ3n) is 7.21. The van der Waals surface area contributed by atoms with E-state index in [1.165, 1.54) is 0 Å². The maximum absolute atomic E-state index is 6.48. The van der Waals surface area contributed by atoms with Gasteiger partial charge in [-0.15, -0.1) is 0 Å². The Morgan fingerprint density at radius 1 is 0.436 bits per heavy atom. The zero-order valence-electron chi connectivity index (χ0n) is 24.9. The fraction of sp³-hybridized carbons (Fsp3) is 0.400. The van der Waals surface area contributed by atoms with Gasteiger partial charge >= 0.3 is 21.4 Å². The molecule has 204 valence electrons. The lowest BCUT2D eigenvalue weighted by Gasteiger charge is -2.33. The molecule has 0 aliphatic carbocycles. The Bertz CT molecular complexity index is 1190. The molecule has 1 aliphatic heterocycles. The smallest absolute Gasteiger partial charge is 0.445 e. The molecule has 4 rings (SSSR count). The van der Waals surface area contributed by atoms with Gasteiger partial charge in [-0.3, -0.25) is 0 Å². The van der Waals surface area contributed by atoms with Crippen molar-refractivity contribution in [1.29, 1.82) is 0 Å². The molecule has 0 atom stereocenters. The highest BCUT2D eigenvalue weighted by molar-refractivity contribution is 6.87. The summed E-state index contributed by atoms with van der Waals surface area (Å²) in [7, 11) is -2.13. The van der Waals surface area contributed by atoms with Crippen LogP contribution < -0.4 is 33.6 Å². The summed E-state index contributed by atoms with van der Waals surface area (Å²) in [5.74, 6) is 0. The van der Waals surface area contributed by atoms with E-state index in [0.29, 0.717) is 17.1 Å². The van der Waals surface area contributed by atoms with Gasteiger partial charge in [0.2, 0.25) is 0 Å². The number of benzene rings is 3. The third kappa shape index (κ3) is 6.32. The average Bonchev–Trinajstić information content (AvgIpc) is 2.81. The number of rotatable bonds is 3. The Morgan fingerprint density at radius 2 is 0.667 bits per heavy atom. The van der Waals surface area contributed by atoms with Gasteiger partial charge in [0.05, 0.1) is 0 Å². The Labute approximate surface area is 235 Å². The van der Waals surface area contributed by atoms with Crippen LogP contribution in [0.1, 0.15) is 79.0 Å². The first-order valence-electron chi connectivity index (χ1n) is 13.6. The number of anilines is 3. The van der Waals surface area contributed by atoms with Gasteiger partial charge in [0.15, 0.2) is 0 Å². The molecule has 6 nitrogen and oxygen atoms in total. The molecule has 6 N–H and O–H groups in total. The Balaban J connectivity index is 1.74. The molecule has 0 unspecified atom stereocenters. The van der Waals surface area contributed by atoms with Gasteiger partial charge in [0.1, 0.15) is 0 Å². The zero-order chi connectivity index (χ0) is 28.9. The zero-order valence-corrected chi connectivity index (χ0v) is 24.9. The number of nitrogen functional groups attached to an aromatic ring is 3. The summed E-state index contributed by atoms with van der Waals surface area (Å²) in [5.41, 5.74) is 27.0. The molecule has 0 radical (unpaired) electrons. The van der Waals surface area contributed by atoms with Crippen molar-refractivity contribution in [2.45, 2.75) is 78.6 Å². The highest BCUT2D eigenvalue weighted by atomic mass is 16.7. The van der Waals surface area contributed by atoms with Gasteiger partial charge in [-0.25, -0.2) is 0 Å². The minimum absolute atomic E-state index is 0.0796. The molecule has 1 heterocycles. The second-order valence-corrected chi connectivity index (χ2v) is 13.7. The van der Waals surface area contributed by atoms with E-state index in [0.717, 1.165) is 33.1 Å². The van der Waals surface area contributed by atoms with Gasteiger partial charge < -0.3 is 30.9 Å². The second-order valence-electron chi connectivity index (χ2n) is 13.7. The van der Waals surface area contributed by atoms with Crippen molar-refractivity contribution in [2.75, 3.05) is 17.2 Å². The molecular weight excluding hydrogens is 483 g/mol. The summed E-state index contributed by atoms with van der Waals surface area (Å²) in [4.78, 5) is 0. The van der Waals surface area contributed by atoms with Crippen molar-refractivity contribution in [3.63, 3.8) is 0 Å². The maximum Gasteiger partial charge on any atom is 0.467 e. The first-order valence-corrected chi connectivity index (χ1v) is 13.6. The van der Waals surface area contributed by atoms with E-state index in [2.05, 4.69) is 62.3 Å². The standard InChI is InChI=1S/C30H42B3N3O3/c1-28(2,3)22-13-10-19(16-25(22)34)31-37-32(20-11-14-23(26(35)17-20)29(4,5)6)39-33(38-31)21-12-15-24(27(36)18-21)30(7,8)9/h10-18H,34-36H2,1-9H3. The largest absolute Gasteiger partial charge is 0.467 e. The fourth-order valence-corrected chi connectivity index (χ4v) is 5.14. The van der Waals surface area contributed by atoms with Crippen molar-refractivity contribution in [2.24, 2.45) is 0 Å². The van der Waals surface area contributed by atoms with Crippen molar-refractivity contribution in [1.82, 2.24) is 0 Å². The predicted octanol–water partition coefficient (Wildman–Crippen LogP) is 3.88. The quantitative estimate of drug-likeness (QED) is 0.355. The highest BCUT2D eigenvalue weighted by Gasteiger charge is 2.44. The van der Waals surface area contributed by atoms with Gasteiger partial charge in [0.25, 0.3) is 0 Å². The summed E-state index contributed by atoms with van der Waals surface area (Å²) in [6.45, 7) is 19.3. The Morgan fingerprint density at radius 3 is 0.846 bits per heavy atom. The first-order chi connectivity index (χ1) is 17.9. The van der Waals surface area contributed by atoms with Crippen LogP contribution in [0, 0.1) is 0 Å². The SMILES string of the molecule is CC(C)(C)c1ccc(B2OB(c3ccc(C(C)(C)C)c(N)c3)OB(c3ccc(C(C)(C)C)c(N)c3)O2)cc1N. The second kappa shape index (κ2) is 10.3. The molecule has 3 aromatic carbocycles. The molecule has 1 aliphatic rings. The molecule has 1 fully saturated rings. The molecular formula is C30H42B3N3O3. The van der Waals surface area contributed by atoms with Crippen LogP contribution in [-0.4, -0.2) is 21.4 Å². The van der Waals surface area contributed by atoms with Crippen LogP contribution in [0.25, 0.3) is 0 Å². The third-order valence-corrected chi connectivity index (χ3v) is 7.21. The molecule has 0 aromatic heterocycles. The van der Waals surface area contributed by atoms with Crippen LogP contribution in [0.2, 0.25) is 0 Å². The minimum atomic E-state index is -0.711. The molecule has 0 amide bonds. The molecule has 0 spiro atoms. The van der Waals surface area contributed by atoms with Crippen molar-refractivity contribution in [3.8, 4) is 0 Å². The fourth-order valence-electron chi connectivity index (χ4n) is 5.14. The van der Waals surface area contributed by atoms with E-state index < -0.39 is 21.4 Å². The van der Waals surface area contributed by atoms with Crippen LogP contribution in [0.4, 0.5) is 17.1 Å². The predicted molar refractivity (Wildman–Crippen MR) is 168 cm³/mol. The first kappa shape index (κ1) is 29.1. The summed E-state index contributed by atoms with van der Waals surface area (Å²) >= 11 is 0. The van der Waals surface area contributed by atoms with Crippen LogP contribution in [0.5, 0.6) is 0 Å². The van der Waals surface area contributed by atoms with E-state index in [1.807, 2.05) is 54.6 Å². The number of hydrogen-bond acceptors (Lipinski definition) is 6. The van der Waals surface area contributed by atoms with Crippen molar-refractivity contribution < 1.29 is 13.7 Å². The molecule has 39 heavy (non-hydrogen) atoms. The van der Waals surface area contributed by atoms with E-state index in [9.17, 15) is 0 Å². The minimum Gasteiger partial charge on any atom is -0.445 e. The van der Waals surface area contributed by atoms with Crippen LogP contribution in [0.3, 0.4) is 0 Å². The highest BCUT2D eigenvalue weighted by Crippen LogP contribution is 2.29. The topological polar surface area (TPSA) is 106 Å². The van der Waals surface area contributed by atoms with E-state index in [-0.39, 0.29) is 16.2 Å². The summed E-state index contributed by atoms with van der Waals surface area (Å²) in [5, 5.41) is 0. The van der Waals surface area contributed by atoms with Crippen LogP contribution in [0.15, 0.2) is 54.6 Å². The summed E-state index contributed by atoms with van der Waals surface area (Å²) in [6, 6.07) is 17.9. The monoisotopic (exact) mass is 525 g/mol. The van der Waals surface area contributed by atoms with Gasteiger partial charge in [-0.05, 0) is 67.5 Å².